The number of carbonyl (C=O) groups is 1. The lowest BCUT2D eigenvalue weighted by atomic mass is 10.0. The Kier molecular flexibility index (Phi) is 6.70. The fourth-order valence-electron chi connectivity index (χ4n) is 2.70. The molecule has 2 rings (SSSR count). The number of hydrogen-bond donors (Lipinski definition) is 1. The third-order valence-electron chi connectivity index (χ3n) is 4.02. The van der Waals surface area contributed by atoms with Crippen LogP contribution in [0.25, 0.3) is 10.8 Å². The minimum Gasteiger partial charge on any atom is -0.367 e. The van der Waals surface area contributed by atoms with Gasteiger partial charge >= 0.3 is 0 Å². The summed E-state index contributed by atoms with van der Waals surface area (Å²) in [5.74, 6) is -0.000216. The summed E-state index contributed by atoms with van der Waals surface area (Å²) < 4.78 is 5.65. The van der Waals surface area contributed by atoms with Gasteiger partial charge in [-0.3, -0.25) is 4.79 Å². The van der Waals surface area contributed by atoms with E-state index in [9.17, 15) is 4.79 Å². The van der Waals surface area contributed by atoms with Crippen molar-refractivity contribution in [2.45, 2.75) is 20.0 Å². The molecule has 0 aromatic heterocycles. The summed E-state index contributed by atoms with van der Waals surface area (Å²) in [6, 6.07) is 11.8. The third-order valence-corrected chi connectivity index (χ3v) is 4.02. The molecule has 2 aromatic carbocycles. The van der Waals surface area contributed by atoms with Crippen LogP contribution in [-0.4, -0.2) is 36.7 Å². The lowest BCUT2D eigenvalue weighted by molar-refractivity contribution is -0.136. The van der Waals surface area contributed by atoms with Gasteiger partial charge < -0.3 is 15.0 Å². The number of likely N-dealkylation sites (N-methyl/N-ethyl adjacent to an activating group) is 1. The summed E-state index contributed by atoms with van der Waals surface area (Å²) >= 11 is 0. The maximum absolute atomic E-state index is 12.2. The zero-order valence-corrected chi connectivity index (χ0v) is 14.1. The maximum Gasteiger partial charge on any atom is 0.248 e. The highest BCUT2D eigenvalue weighted by Gasteiger charge is 2.11. The monoisotopic (exact) mass is 324 g/mol. The van der Waals surface area contributed by atoms with E-state index in [0.29, 0.717) is 19.7 Å². The second kappa shape index (κ2) is 8.99. The Balaban J connectivity index is 2.02. The molecule has 0 heterocycles. The van der Waals surface area contributed by atoms with E-state index >= 15 is 0 Å². The van der Waals surface area contributed by atoms with E-state index in [4.69, 9.17) is 10.1 Å². The third kappa shape index (κ3) is 4.30. The Labute approximate surface area is 143 Å². The van der Waals surface area contributed by atoms with Gasteiger partial charge in [-0.15, -0.1) is 6.58 Å². The molecule has 1 amide bonds. The predicted octanol–water partition coefficient (Wildman–Crippen LogP) is 3.78. The summed E-state index contributed by atoms with van der Waals surface area (Å²) in [6.45, 7) is 7.46. The molecule has 0 atom stereocenters. The number of nitrogens with zero attached hydrogens (tertiary/aromatic N) is 1. The van der Waals surface area contributed by atoms with Crippen LogP contribution in [0.1, 0.15) is 24.5 Å². The normalized spacial score (nSPS) is 10.5. The Morgan fingerprint density at radius 2 is 2.00 bits per heavy atom. The highest BCUT2D eigenvalue weighted by molar-refractivity contribution is 6.00. The van der Waals surface area contributed by atoms with E-state index < -0.39 is 0 Å². The van der Waals surface area contributed by atoms with Crippen LogP contribution < -0.4 is 0 Å². The second-order valence-corrected chi connectivity index (χ2v) is 5.55. The van der Waals surface area contributed by atoms with Crippen molar-refractivity contribution in [1.29, 1.82) is 5.41 Å². The van der Waals surface area contributed by atoms with Gasteiger partial charge in [0.05, 0.1) is 6.61 Å². The molecule has 0 aliphatic heterocycles. The molecular weight excluding hydrogens is 300 g/mol. The van der Waals surface area contributed by atoms with Crippen LogP contribution in [0.4, 0.5) is 0 Å². The number of benzene rings is 2. The number of rotatable bonds is 9. The van der Waals surface area contributed by atoms with Gasteiger partial charge in [-0.05, 0) is 35.2 Å². The van der Waals surface area contributed by atoms with Gasteiger partial charge in [0.15, 0.2) is 0 Å². The maximum atomic E-state index is 12.2. The molecule has 0 saturated heterocycles. The molecule has 0 fully saturated rings. The molecule has 4 nitrogen and oxygen atoms in total. The van der Waals surface area contributed by atoms with Crippen molar-refractivity contribution in [3.63, 3.8) is 0 Å². The molecule has 0 unspecified atom stereocenters. The molecule has 0 aliphatic carbocycles. The Morgan fingerprint density at radius 1 is 1.25 bits per heavy atom. The minimum atomic E-state index is -0.000216. The molecule has 126 valence electrons. The fourth-order valence-corrected chi connectivity index (χ4v) is 2.70. The summed E-state index contributed by atoms with van der Waals surface area (Å²) in [4.78, 5) is 13.9. The standard InChI is InChI=1S/C20H24N2O2/c1-3-5-12-22(4-2)20(23)15-24-14-17-9-7-10-18-16(13-21)8-6-11-19(17)18/h3,6-11,13,21H,1,4-5,12,14-15H2,2H3. The molecule has 4 heteroatoms. The van der Waals surface area contributed by atoms with Gasteiger partial charge in [0, 0.05) is 19.3 Å². The van der Waals surface area contributed by atoms with Gasteiger partial charge in [-0.2, -0.15) is 0 Å². The average molecular weight is 324 g/mol. The molecule has 1 N–H and O–H groups in total. The van der Waals surface area contributed by atoms with E-state index in [2.05, 4.69) is 6.58 Å². The molecule has 0 radical (unpaired) electrons. The van der Waals surface area contributed by atoms with Gasteiger partial charge in [0.1, 0.15) is 6.61 Å². The van der Waals surface area contributed by atoms with E-state index in [1.165, 1.54) is 6.21 Å². The van der Waals surface area contributed by atoms with Crippen LogP contribution in [0.3, 0.4) is 0 Å². The van der Waals surface area contributed by atoms with Crippen molar-refractivity contribution in [3.8, 4) is 0 Å². The Bertz CT molecular complexity index is 725. The molecule has 0 bridgehead atoms. The Hall–Kier alpha value is -2.46. The first-order valence-electron chi connectivity index (χ1n) is 8.18. The van der Waals surface area contributed by atoms with E-state index in [1.54, 1.807) is 4.90 Å². The fraction of sp³-hybridized carbons (Fsp3) is 0.300. The van der Waals surface area contributed by atoms with Crippen LogP contribution >= 0.6 is 0 Å². The quantitative estimate of drug-likeness (QED) is 0.564. The summed E-state index contributed by atoms with van der Waals surface area (Å²) in [6.07, 6.45) is 3.96. The first kappa shape index (κ1) is 17.9. The van der Waals surface area contributed by atoms with Crippen molar-refractivity contribution in [2.75, 3.05) is 19.7 Å². The van der Waals surface area contributed by atoms with Gasteiger partial charge in [0.25, 0.3) is 0 Å². The van der Waals surface area contributed by atoms with Gasteiger partial charge in [-0.1, -0.05) is 42.5 Å². The number of amides is 1. The summed E-state index contributed by atoms with van der Waals surface area (Å²) in [7, 11) is 0. The Morgan fingerprint density at radius 3 is 2.71 bits per heavy atom. The number of carbonyl (C=O) groups excluding carboxylic acids is 1. The molecular formula is C20H24N2O2. The van der Waals surface area contributed by atoms with Crippen molar-refractivity contribution in [3.05, 3.63) is 60.2 Å². The highest BCUT2D eigenvalue weighted by Crippen LogP contribution is 2.22. The van der Waals surface area contributed by atoms with Crippen molar-refractivity contribution >= 4 is 22.9 Å². The van der Waals surface area contributed by atoms with Gasteiger partial charge in [0.2, 0.25) is 5.91 Å². The predicted molar refractivity (Wildman–Crippen MR) is 98.6 cm³/mol. The van der Waals surface area contributed by atoms with Gasteiger partial charge in [-0.25, -0.2) is 0 Å². The smallest absolute Gasteiger partial charge is 0.248 e. The summed E-state index contributed by atoms with van der Waals surface area (Å²) in [5.41, 5.74) is 1.91. The van der Waals surface area contributed by atoms with Crippen LogP contribution in [0.15, 0.2) is 49.1 Å². The molecule has 24 heavy (non-hydrogen) atoms. The van der Waals surface area contributed by atoms with Crippen LogP contribution in [0.2, 0.25) is 0 Å². The number of fused-ring (bicyclic) bond motifs is 1. The second-order valence-electron chi connectivity index (χ2n) is 5.55. The lowest BCUT2D eigenvalue weighted by Gasteiger charge is -2.20. The average Bonchev–Trinajstić information content (AvgIpc) is 2.62. The SMILES string of the molecule is C=CCCN(CC)C(=O)COCc1cccc2c(C=N)cccc12. The number of ether oxygens (including phenoxy) is 1. The molecule has 2 aromatic rings. The summed E-state index contributed by atoms with van der Waals surface area (Å²) in [5, 5.41) is 9.59. The first-order chi connectivity index (χ1) is 11.7. The van der Waals surface area contributed by atoms with Crippen molar-refractivity contribution in [2.24, 2.45) is 0 Å². The topological polar surface area (TPSA) is 53.4 Å². The largest absolute Gasteiger partial charge is 0.367 e. The first-order valence-corrected chi connectivity index (χ1v) is 8.18. The number of hydrogen-bond acceptors (Lipinski definition) is 3. The molecule has 0 spiro atoms. The molecule has 0 saturated carbocycles. The zero-order valence-electron chi connectivity index (χ0n) is 14.1. The minimum absolute atomic E-state index is 0.000216. The van der Waals surface area contributed by atoms with Crippen molar-refractivity contribution < 1.29 is 9.53 Å². The van der Waals surface area contributed by atoms with Crippen LogP contribution in [0, 0.1) is 5.41 Å². The zero-order chi connectivity index (χ0) is 17.4. The van der Waals surface area contributed by atoms with Crippen LogP contribution in [0.5, 0.6) is 0 Å². The van der Waals surface area contributed by atoms with E-state index in [1.807, 2.05) is 49.4 Å². The number of nitrogens with one attached hydrogen (secondary N) is 1. The van der Waals surface area contributed by atoms with Crippen LogP contribution in [-0.2, 0) is 16.1 Å². The molecule has 0 aliphatic rings. The van der Waals surface area contributed by atoms with E-state index in [-0.39, 0.29) is 12.5 Å². The van der Waals surface area contributed by atoms with Crippen molar-refractivity contribution in [1.82, 2.24) is 4.90 Å². The van der Waals surface area contributed by atoms with E-state index in [0.717, 1.165) is 28.3 Å². The highest BCUT2D eigenvalue weighted by atomic mass is 16.5. The lowest BCUT2D eigenvalue weighted by Crippen LogP contribution is -2.34.